The van der Waals surface area contributed by atoms with Gasteiger partial charge in [-0.1, -0.05) is 149 Å². The van der Waals surface area contributed by atoms with Gasteiger partial charge in [0, 0.05) is 12.8 Å². The Morgan fingerprint density at radius 3 is 1.47 bits per heavy atom. The van der Waals surface area contributed by atoms with Crippen LogP contribution in [0.5, 0.6) is 0 Å². The van der Waals surface area contributed by atoms with Crippen LogP contribution in [-0.4, -0.2) is 36.4 Å². The van der Waals surface area contributed by atoms with Gasteiger partial charge in [-0.15, -0.1) is 0 Å². The van der Waals surface area contributed by atoms with Crippen LogP contribution >= 0.6 is 0 Å². The molecule has 0 aliphatic heterocycles. The first-order valence-corrected chi connectivity index (χ1v) is 16.5. The van der Waals surface area contributed by atoms with Crippen molar-refractivity contribution in [1.29, 1.82) is 0 Å². The number of unbranched alkanes of at least 4 members (excludes halogenated alkanes) is 18. The van der Waals surface area contributed by atoms with Crippen molar-refractivity contribution < 1.29 is 24.2 Å². The Labute approximate surface area is 236 Å². The van der Waals surface area contributed by atoms with Crippen molar-refractivity contribution in [3.63, 3.8) is 0 Å². The van der Waals surface area contributed by atoms with Crippen molar-refractivity contribution in [3.8, 4) is 0 Å². The minimum absolute atomic E-state index is 0.0592. The molecule has 0 aromatic carbocycles. The predicted octanol–water partition coefficient (Wildman–Crippen LogP) is 9.47. The Balaban J connectivity index is 3.57. The predicted molar refractivity (Wildman–Crippen MR) is 159 cm³/mol. The molecular formula is C33H64O5. The standard InChI is InChI=1S/C33H64O5/c1-4-6-7-8-9-10-11-12-13-17-20-23-26-32(35)37-29-31(28-34)38-33(36)27-24-21-18-15-14-16-19-22-25-30(3)5-2/h30-31,34H,4-29H2,1-3H3/t30?,31-/m0/s1. The summed E-state index contributed by atoms with van der Waals surface area (Å²) in [5, 5.41) is 9.48. The molecule has 0 saturated carbocycles. The summed E-state index contributed by atoms with van der Waals surface area (Å²) in [7, 11) is 0. The first-order valence-electron chi connectivity index (χ1n) is 16.5. The maximum Gasteiger partial charge on any atom is 0.306 e. The highest BCUT2D eigenvalue weighted by Gasteiger charge is 2.16. The van der Waals surface area contributed by atoms with Crippen LogP contribution in [0, 0.1) is 5.92 Å². The third-order valence-electron chi connectivity index (χ3n) is 7.69. The van der Waals surface area contributed by atoms with E-state index in [4.69, 9.17) is 9.47 Å². The highest BCUT2D eigenvalue weighted by atomic mass is 16.6. The molecule has 38 heavy (non-hydrogen) atoms. The molecule has 1 unspecified atom stereocenters. The Hall–Kier alpha value is -1.10. The number of rotatable bonds is 29. The highest BCUT2D eigenvalue weighted by molar-refractivity contribution is 5.70. The van der Waals surface area contributed by atoms with Crippen LogP contribution in [0.3, 0.4) is 0 Å². The van der Waals surface area contributed by atoms with Gasteiger partial charge in [-0.25, -0.2) is 0 Å². The van der Waals surface area contributed by atoms with Crippen LogP contribution in [0.15, 0.2) is 0 Å². The van der Waals surface area contributed by atoms with Gasteiger partial charge < -0.3 is 14.6 Å². The molecular weight excluding hydrogens is 476 g/mol. The van der Waals surface area contributed by atoms with Crippen LogP contribution in [-0.2, 0) is 19.1 Å². The molecule has 0 spiro atoms. The molecule has 0 heterocycles. The van der Waals surface area contributed by atoms with Crippen LogP contribution in [0.4, 0.5) is 0 Å². The Morgan fingerprint density at radius 2 is 1.03 bits per heavy atom. The van der Waals surface area contributed by atoms with Crippen LogP contribution in [0.2, 0.25) is 0 Å². The van der Waals surface area contributed by atoms with Gasteiger partial charge >= 0.3 is 11.9 Å². The monoisotopic (exact) mass is 540 g/mol. The summed E-state index contributed by atoms with van der Waals surface area (Å²) >= 11 is 0. The summed E-state index contributed by atoms with van der Waals surface area (Å²) in [6, 6.07) is 0. The van der Waals surface area contributed by atoms with Crippen molar-refractivity contribution in [2.24, 2.45) is 5.92 Å². The molecule has 0 fully saturated rings. The van der Waals surface area contributed by atoms with Gasteiger partial charge in [0.2, 0.25) is 0 Å². The van der Waals surface area contributed by atoms with E-state index in [9.17, 15) is 14.7 Å². The van der Waals surface area contributed by atoms with E-state index in [1.807, 2.05) is 0 Å². The second-order valence-electron chi connectivity index (χ2n) is 11.5. The number of aliphatic hydroxyl groups is 1. The molecule has 0 saturated heterocycles. The minimum atomic E-state index is -0.760. The molecule has 0 rings (SSSR count). The van der Waals surface area contributed by atoms with E-state index in [1.54, 1.807) is 0 Å². The average molecular weight is 541 g/mol. The minimum Gasteiger partial charge on any atom is -0.462 e. The Kier molecular flexibility index (Phi) is 28.1. The fourth-order valence-corrected chi connectivity index (χ4v) is 4.76. The van der Waals surface area contributed by atoms with Gasteiger partial charge in [-0.3, -0.25) is 9.59 Å². The second-order valence-corrected chi connectivity index (χ2v) is 11.5. The highest BCUT2D eigenvalue weighted by Crippen LogP contribution is 2.16. The molecule has 5 heteroatoms. The third kappa shape index (κ3) is 26.5. The summed E-state index contributed by atoms with van der Waals surface area (Å²) in [5.41, 5.74) is 0. The lowest BCUT2D eigenvalue weighted by Crippen LogP contribution is -2.28. The molecule has 1 N–H and O–H groups in total. The van der Waals surface area contributed by atoms with Gasteiger partial charge in [0.1, 0.15) is 6.61 Å². The molecule has 0 bridgehead atoms. The maximum atomic E-state index is 12.1. The lowest BCUT2D eigenvalue weighted by Gasteiger charge is -2.15. The van der Waals surface area contributed by atoms with E-state index in [-0.39, 0.29) is 25.2 Å². The zero-order chi connectivity index (χ0) is 28.1. The van der Waals surface area contributed by atoms with E-state index in [2.05, 4.69) is 20.8 Å². The zero-order valence-electron chi connectivity index (χ0n) is 25.6. The van der Waals surface area contributed by atoms with E-state index in [0.29, 0.717) is 12.8 Å². The van der Waals surface area contributed by atoms with E-state index in [0.717, 1.165) is 38.0 Å². The zero-order valence-corrected chi connectivity index (χ0v) is 25.6. The van der Waals surface area contributed by atoms with Crippen LogP contribution in [0.1, 0.15) is 175 Å². The molecule has 0 aromatic rings. The van der Waals surface area contributed by atoms with Gasteiger partial charge in [0.05, 0.1) is 6.61 Å². The lowest BCUT2D eigenvalue weighted by atomic mass is 9.99. The lowest BCUT2D eigenvalue weighted by molar-refractivity contribution is -0.161. The summed E-state index contributed by atoms with van der Waals surface area (Å²) in [6.45, 7) is 6.47. The SMILES string of the molecule is CCCCCCCCCCCCCCC(=O)OC[C@H](CO)OC(=O)CCCCCCCCCCC(C)CC. The molecule has 0 aliphatic rings. The molecule has 0 aliphatic carbocycles. The maximum absolute atomic E-state index is 12.1. The van der Waals surface area contributed by atoms with Crippen molar-refractivity contribution in [2.45, 2.75) is 181 Å². The molecule has 0 aromatic heterocycles. The van der Waals surface area contributed by atoms with Gasteiger partial charge in [0.15, 0.2) is 6.10 Å². The second kappa shape index (κ2) is 28.9. The molecule has 2 atom stereocenters. The number of aliphatic hydroxyl groups excluding tert-OH is 1. The Bertz CT molecular complexity index is 522. The van der Waals surface area contributed by atoms with E-state index >= 15 is 0 Å². The molecule has 0 radical (unpaired) electrons. The molecule has 0 amide bonds. The summed E-state index contributed by atoms with van der Waals surface area (Å²) < 4.78 is 10.5. The fourth-order valence-electron chi connectivity index (χ4n) is 4.76. The van der Waals surface area contributed by atoms with Crippen molar-refractivity contribution in [3.05, 3.63) is 0 Å². The first kappa shape index (κ1) is 36.9. The van der Waals surface area contributed by atoms with E-state index in [1.165, 1.54) is 109 Å². The number of carbonyl (C=O) groups excluding carboxylic acids is 2. The fraction of sp³-hybridized carbons (Fsp3) is 0.939. The van der Waals surface area contributed by atoms with Crippen LogP contribution < -0.4 is 0 Å². The smallest absolute Gasteiger partial charge is 0.306 e. The summed E-state index contributed by atoms with van der Waals surface area (Å²) in [5.74, 6) is 0.272. The number of hydrogen-bond acceptors (Lipinski definition) is 5. The van der Waals surface area contributed by atoms with Crippen molar-refractivity contribution in [1.82, 2.24) is 0 Å². The summed E-state index contributed by atoms with van der Waals surface area (Å²) in [6.07, 6.45) is 27.2. The van der Waals surface area contributed by atoms with Gasteiger partial charge in [-0.2, -0.15) is 0 Å². The molecule has 226 valence electrons. The largest absolute Gasteiger partial charge is 0.462 e. The van der Waals surface area contributed by atoms with Gasteiger partial charge in [-0.05, 0) is 18.8 Å². The summed E-state index contributed by atoms with van der Waals surface area (Å²) in [4.78, 5) is 24.1. The first-order chi connectivity index (χ1) is 18.5. The number of ether oxygens (including phenoxy) is 2. The number of carbonyl (C=O) groups is 2. The third-order valence-corrected chi connectivity index (χ3v) is 7.69. The Morgan fingerprint density at radius 1 is 0.605 bits per heavy atom. The number of hydrogen-bond donors (Lipinski definition) is 1. The van der Waals surface area contributed by atoms with E-state index < -0.39 is 6.10 Å². The van der Waals surface area contributed by atoms with Gasteiger partial charge in [0.25, 0.3) is 0 Å². The average Bonchev–Trinajstić information content (AvgIpc) is 2.92. The quantitative estimate of drug-likeness (QED) is 0.0755. The van der Waals surface area contributed by atoms with Crippen molar-refractivity contribution in [2.75, 3.05) is 13.2 Å². The molecule has 5 nitrogen and oxygen atoms in total. The topological polar surface area (TPSA) is 72.8 Å². The number of esters is 2. The normalized spacial score (nSPS) is 12.8. The van der Waals surface area contributed by atoms with Crippen LogP contribution in [0.25, 0.3) is 0 Å². The van der Waals surface area contributed by atoms with Crippen molar-refractivity contribution >= 4 is 11.9 Å².